The second kappa shape index (κ2) is 6.68. The van der Waals surface area contributed by atoms with Gasteiger partial charge in [-0.15, -0.1) is 0 Å². The van der Waals surface area contributed by atoms with Crippen molar-refractivity contribution >= 4 is 5.97 Å². The normalized spacial score (nSPS) is 23.9. The molecule has 1 atom stereocenters. The number of esters is 1. The lowest BCUT2D eigenvalue weighted by molar-refractivity contribution is -0.155. The highest BCUT2D eigenvalue weighted by Crippen LogP contribution is 2.24. The zero-order chi connectivity index (χ0) is 13.7. The molecule has 2 fully saturated rings. The summed E-state index contributed by atoms with van der Waals surface area (Å²) >= 11 is 0. The van der Waals surface area contributed by atoms with Gasteiger partial charge in [0.05, 0.1) is 19.3 Å². The van der Waals surface area contributed by atoms with E-state index in [1.165, 1.54) is 0 Å². The molecule has 0 radical (unpaired) electrons. The number of hydrogen-bond donors (Lipinski definition) is 1. The van der Waals surface area contributed by atoms with Crippen molar-refractivity contribution in [3.63, 3.8) is 0 Å². The molecule has 19 heavy (non-hydrogen) atoms. The van der Waals surface area contributed by atoms with Crippen LogP contribution < -0.4 is 5.32 Å². The molecule has 1 unspecified atom stereocenters. The van der Waals surface area contributed by atoms with E-state index < -0.39 is 5.54 Å². The van der Waals surface area contributed by atoms with Crippen molar-refractivity contribution in [3.05, 3.63) is 0 Å². The molecule has 0 aromatic heterocycles. The van der Waals surface area contributed by atoms with Crippen LogP contribution in [0.15, 0.2) is 0 Å². The molecule has 2 rings (SSSR count). The number of carbonyl (C=O) groups is 1. The quantitative estimate of drug-likeness (QED) is 0.706. The van der Waals surface area contributed by atoms with Crippen molar-refractivity contribution in [2.24, 2.45) is 0 Å². The van der Waals surface area contributed by atoms with Gasteiger partial charge in [-0.2, -0.15) is 0 Å². The fourth-order valence-corrected chi connectivity index (χ4v) is 2.26. The van der Waals surface area contributed by atoms with Gasteiger partial charge in [0.2, 0.25) is 0 Å². The standard InChI is InChI=1S/C14H25NO4/c1-3-18-13(16)14(2,15-11-4-5-11)10-19-12-6-8-17-9-7-12/h11-12,15H,3-10H2,1-2H3. The summed E-state index contributed by atoms with van der Waals surface area (Å²) in [5, 5.41) is 3.36. The van der Waals surface area contributed by atoms with Crippen molar-refractivity contribution in [2.75, 3.05) is 26.4 Å². The minimum Gasteiger partial charge on any atom is -0.465 e. The molecule has 1 heterocycles. The van der Waals surface area contributed by atoms with E-state index >= 15 is 0 Å². The van der Waals surface area contributed by atoms with E-state index in [2.05, 4.69) is 5.32 Å². The maximum atomic E-state index is 12.1. The minimum absolute atomic E-state index is 0.198. The van der Waals surface area contributed by atoms with Crippen LogP contribution >= 0.6 is 0 Å². The molecule has 0 spiro atoms. The van der Waals surface area contributed by atoms with Crippen molar-refractivity contribution in [2.45, 2.75) is 57.2 Å². The highest BCUT2D eigenvalue weighted by Gasteiger charge is 2.40. The first-order valence-electron chi connectivity index (χ1n) is 7.28. The number of nitrogens with one attached hydrogen (secondary N) is 1. The van der Waals surface area contributed by atoms with Crippen LogP contribution in [0.4, 0.5) is 0 Å². The summed E-state index contributed by atoms with van der Waals surface area (Å²) < 4.78 is 16.4. The van der Waals surface area contributed by atoms with Crippen LogP contribution in [0.25, 0.3) is 0 Å². The van der Waals surface area contributed by atoms with E-state index in [0.717, 1.165) is 38.9 Å². The van der Waals surface area contributed by atoms with Crippen molar-refractivity contribution < 1.29 is 19.0 Å². The van der Waals surface area contributed by atoms with Crippen LogP contribution in [0.5, 0.6) is 0 Å². The van der Waals surface area contributed by atoms with E-state index in [1.54, 1.807) is 0 Å². The fourth-order valence-electron chi connectivity index (χ4n) is 2.26. The van der Waals surface area contributed by atoms with Crippen molar-refractivity contribution in [3.8, 4) is 0 Å². The van der Waals surface area contributed by atoms with Crippen LogP contribution in [0, 0.1) is 0 Å². The zero-order valence-corrected chi connectivity index (χ0v) is 11.9. The number of rotatable bonds is 7. The largest absolute Gasteiger partial charge is 0.465 e. The molecule has 0 aromatic rings. The Kier molecular flexibility index (Phi) is 5.19. The Morgan fingerprint density at radius 1 is 1.32 bits per heavy atom. The van der Waals surface area contributed by atoms with Gasteiger partial charge in [0, 0.05) is 19.3 Å². The van der Waals surface area contributed by atoms with Crippen LogP contribution in [-0.4, -0.2) is 50.1 Å². The lowest BCUT2D eigenvalue weighted by Crippen LogP contribution is -2.55. The third kappa shape index (κ3) is 4.44. The summed E-state index contributed by atoms with van der Waals surface area (Å²) in [4.78, 5) is 12.1. The van der Waals surface area contributed by atoms with E-state index in [0.29, 0.717) is 19.3 Å². The highest BCUT2D eigenvalue weighted by atomic mass is 16.5. The predicted octanol–water partition coefficient (Wildman–Crippen LogP) is 1.26. The van der Waals surface area contributed by atoms with E-state index in [4.69, 9.17) is 14.2 Å². The summed E-state index contributed by atoms with van der Waals surface area (Å²) in [6, 6.07) is 0.438. The lowest BCUT2D eigenvalue weighted by atomic mass is 10.0. The molecule has 2 aliphatic rings. The molecule has 1 aliphatic carbocycles. The lowest BCUT2D eigenvalue weighted by Gasteiger charge is -2.31. The van der Waals surface area contributed by atoms with Crippen LogP contribution in [-0.2, 0) is 19.0 Å². The summed E-state index contributed by atoms with van der Waals surface area (Å²) in [6.07, 6.45) is 4.27. The van der Waals surface area contributed by atoms with Gasteiger partial charge >= 0.3 is 5.97 Å². The molecule has 1 saturated carbocycles. The molecule has 1 saturated heterocycles. The molecule has 5 heteroatoms. The molecule has 0 aromatic carbocycles. The molecule has 0 bridgehead atoms. The van der Waals surface area contributed by atoms with Gasteiger partial charge < -0.3 is 14.2 Å². The first kappa shape index (κ1) is 14.8. The summed E-state index contributed by atoms with van der Waals surface area (Å²) in [5.74, 6) is -0.214. The monoisotopic (exact) mass is 271 g/mol. The number of ether oxygens (including phenoxy) is 3. The SMILES string of the molecule is CCOC(=O)C(C)(COC1CCOCC1)NC1CC1. The Balaban J connectivity index is 1.86. The average Bonchev–Trinajstić information content (AvgIpc) is 3.22. The maximum absolute atomic E-state index is 12.1. The van der Waals surface area contributed by atoms with Gasteiger partial charge in [0.15, 0.2) is 0 Å². The summed E-state index contributed by atoms with van der Waals surface area (Å²) in [7, 11) is 0. The van der Waals surface area contributed by atoms with Gasteiger partial charge in [-0.1, -0.05) is 0 Å². The Bertz CT molecular complexity index is 300. The molecular weight excluding hydrogens is 246 g/mol. The van der Waals surface area contributed by atoms with Gasteiger partial charge in [-0.3, -0.25) is 5.32 Å². The molecule has 0 amide bonds. The Morgan fingerprint density at radius 3 is 2.58 bits per heavy atom. The second-order valence-corrected chi connectivity index (χ2v) is 5.59. The molecule has 1 aliphatic heterocycles. The van der Waals surface area contributed by atoms with Crippen LogP contribution in [0.2, 0.25) is 0 Å². The van der Waals surface area contributed by atoms with Gasteiger partial charge in [0.25, 0.3) is 0 Å². The third-order valence-corrected chi connectivity index (χ3v) is 3.60. The Labute approximate surface area is 115 Å². The summed E-state index contributed by atoms with van der Waals surface area (Å²) in [6.45, 7) is 5.97. The van der Waals surface area contributed by atoms with Gasteiger partial charge in [-0.25, -0.2) is 4.79 Å². The smallest absolute Gasteiger partial charge is 0.328 e. The predicted molar refractivity (Wildman–Crippen MR) is 71.0 cm³/mol. The van der Waals surface area contributed by atoms with Gasteiger partial charge in [0.1, 0.15) is 5.54 Å². The third-order valence-electron chi connectivity index (χ3n) is 3.60. The highest BCUT2D eigenvalue weighted by molar-refractivity contribution is 5.80. The fraction of sp³-hybridized carbons (Fsp3) is 0.929. The first-order valence-corrected chi connectivity index (χ1v) is 7.28. The van der Waals surface area contributed by atoms with Crippen LogP contribution in [0.1, 0.15) is 39.5 Å². The van der Waals surface area contributed by atoms with E-state index in [1.807, 2.05) is 13.8 Å². The molecule has 110 valence electrons. The molecule has 1 N–H and O–H groups in total. The van der Waals surface area contributed by atoms with Crippen molar-refractivity contribution in [1.82, 2.24) is 5.32 Å². The van der Waals surface area contributed by atoms with Crippen molar-refractivity contribution in [1.29, 1.82) is 0 Å². The number of hydrogen-bond acceptors (Lipinski definition) is 5. The van der Waals surface area contributed by atoms with Crippen LogP contribution in [0.3, 0.4) is 0 Å². The average molecular weight is 271 g/mol. The van der Waals surface area contributed by atoms with E-state index in [-0.39, 0.29) is 12.1 Å². The van der Waals surface area contributed by atoms with E-state index in [9.17, 15) is 4.79 Å². The second-order valence-electron chi connectivity index (χ2n) is 5.59. The zero-order valence-electron chi connectivity index (χ0n) is 11.9. The Morgan fingerprint density at radius 2 is 2.00 bits per heavy atom. The topological polar surface area (TPSA) is 56.8 Å². The molecular formula is C14H25NO4. The van der Waals surface area contributed by atoms with Gasteiger partial charge in [-0.05, 0) is 39.5 Å². The molecule has 5 nitrogen and oxygen atoms in total. The maximum Gasteiger partial charge on any atom is 0.328 e. The Hall–Kier alpha value is -0.650. The number of carbonyl (C=O) groups excluding carboxylic acids is 1. The minimum atomic E-state index is -0.727. The first-order chi connectivity index (χ1) is 9.14. The summed E-state index contributed by atoms with van der Waals surface area (Å²) in [5.41, 5.74) is -0.727.